The zero-order chi connectivity index (χ0) is 4.57. The smallest absolute Gasteiger partial charge is 0.0207 e. The molecule has 0 spiro atoms. The molecule has 6 heavy (non-hydrogen) atoms. The number of hydrogen-bond donors (Lipinski definition) is 0. The molecule has 1 aliphatic rings. The standard InChI is InChI=1S/C6H10/c1-3-6-4-5(6)2/h3,5-6H,1,4H2,2H3/t5-,6?/m0/s1. The fraction of sp³-hybridized carbons (Fsp3) is 0.667. The van der Waals surface area contributed by atoms with Gasteiger partial charge in [-0.25, -0.2) is 0 Å². The topological polar surface area (TPSA) is 0 Å². The Bertz CT molecular complexity index is 64.4. The van der Waals surface area contributed by atoms with Crippen molar-refractivity contribution in [3.05, 3.63) is 12.7 Å². The second-order valence-corrected chi connectivity index (χ2v) is 2.11. The lowest BCUT2D eigenvalue weighted by Crippen LogP contribution is -1.62. The van der Waals surface area contributed by atoms with Crippen LogP contribution < -0.4 is 0 Å². The first-order chi connectivity index (χ1) is 2.84. The zero-order valence-corrected chi connectivity index (χ0v) is 4.15. The highest BCUT2D eigenvalue weighted by atomic mass is 14.3. The van der Waals surface area contributed by atoms with E-state index < -0.39 is 0 Å². The molecule has 34 valence electrons. The van der Waals surface area contributed by atoms with Crippen LogP contribution in [-0.4, -0.2) is 0 Å². The van der Waals surface area contributed by atoms with E-state index in [-0.39, 0.29) is 0 Å². The molecule has 0 aromatic heterocycles. The molecule has 0 aliphatic heterocycles. The van der Waals surface area contributed by atoms with E-state index in [9.17, 15) is 0 Å². The Kier molecular flexibility index (Phi) is 0.722. The first-order valence-electron chi connectivity index (χ1n) is 2.47. The maximum absolute atomic E-state index is 3.67. The van der Waals surface area contributed by atoms with Crippen LogP contribution in [0.1, 0.15) is 13.3 Å². The molecule has 0 heteroatoms. The quantitative estimate of drug-likeness (QED) is 0.423. The van der Waals surface area contributed by atoms with Gasteiger partial charge in [-0.1, -0.05) is 13.0 Å². The average Bonchev–Trinajstić information content (AvgIpc) is 2.19. The predicted molar refractivity (Wildman–Crippen MR) is 27.5 cm³/mol. The largest absolute Gasteiger partial charge is 0.103 e. The van der Waals surface area contributed by atoms with E-state index in [0.717, 1.165) is 11.8 Å². The highest BCUT2D eigenvalue weighted by Gasteiger charge is 2.28. The Morgan fingerprint density at radius 3 is 2.33 bits per heavy atom. The Hall–Kier alpha value is -0.260. The molecule has 0 bridgehead atoms. The Labute approximate surface area is 38.9 Å². The summed E-state index contributed by atoms with van der Waals surface area (Å²) in [6.07, 6.45) is 3.42. The summed E-state index contributed by atoms with van der Waals surface area (Å²) in [4.78, 5) is 0. The molecule has 0 nitrogen and oxygen atoms in total. The summed E-state index contributed by atoms with van der Waals surface area (Å²) in [5.74, 6) is 1.81. The van der Waals surface area contributed by atoms with E-state index in [2.05, 4.69) is 13.5 Å². The molecule has 0 aromatic rings. The van der Waals surface area contributed by atoms with E-state index >= 15 is 0 Å². The van der Waals surface area contributed by atoms with Gasteiger partial charge >= 0.3 is 0 Å². The SMILES string of the molecule is C=CC1C[C@@H]1C. The molecule has 0 heterocycles. The minimum absolute atomic E-state index is 0.866. The van der Waals surface area contributed by atoms with Crippen LogP contribution in [0, 0.1) is 11.8 Å². The number of rotatable bonds is 1. The second kappa shape index (κ2) is 1.11. The third-order valence-electron chi connectivity index (χ3n) is 1.47. The van der Waals surface area contributed by atoms with E-state index in [0.29, 0.717) is 0 Å². The van der Waals surface area contributed by atoms with Gasteiger partial charge in [0, 0.05) is 0 Å². The fourth-order valence-corrected chi connectivity index (χ4v) is 0.679. The van der Waals surface area contributed by atoms with Crippen molar-refractivity contribution in [2.75, 3.05) is 0 Å². The first-order valence-corrected chi connectivity index (χ1v) is 2.47. The van der Waals surface area contributed by atoms with Gasteiger partial charge in [0.25, 0.3) is 0 Å². The Morgan fingerprint density at radius 2 is 2.33 bits per heavy atom. The van der Waals surface area contributed by atoms with Crippen LogP contribution >= 0.6 is 0 Å². The average molecular weight is 82.1 g/mol. The van der Waals surface area contributed by atoms with Crippen molar-refractivity contribution in [2.45, 2.75) is 13.3 Å². The van der Waals surface area contributed by atoms with Crippen LogP contribution in [0.25, 0.3) is 0 Å². The lowest BCUT2D eigenvalue weighted by Gasteiger charge is -1.72. The first kappa shape index (κ1) is 3.91. The maximum Gasteiger partial charge on any atom is -0.0207 e. The van der Waals surface area contributed by atoms with Crippen LogP contribution in [0.4, 0.5) is 0 Å². The van der Waals surface area contributed by atoms with Gasteiger partial charge in [0.2, 0.25) is 0 Å². The molecule has 1 saturated carbocycles. The molecule has 2 atom stereocenters. The van der Waals surface area contributed by atoms with Gasteiger partial charge in [0.15, 0.2) is 0 Å². The molecular weight excluding hydrogens is 72.1 g/mol. The molecule has 0 saturated heterocycles. The van der Waals surface area contributed by atoms with Gasteiger partial charge in [0.1, 0.15) is 0 Å². The molecule has 0 N–H and O–H groups in total. The number of hydrogen-bond acceptors (Lipinski definition) is 0. The lowest BCUT2D eigenvalue weighted by atomic mass is 10.3. The van der Waals surface area contributed by atoms with Crippen LogP contribution in [0.3, 0.4) is 0 Å². The summed E-state index contributed by atoms with van der Waals surface area (Å²) < 4.78 is 0. The molecule has 0 amide bonds. The Morgan fingerprint density at radius 1 is 1.83 bits per heavy atom. The number of allylic oxidation sites excluding steroid dienone is 1. The van der Waals surface area contributed by atoms with Crippen LogP contribution in [0.15, 0.2) is 12.7 Å². The molecule has 1 aliphatic carbocycles. The van der Waals surface area contributed by atoms with Gasteiger partial charge < -0.3 is 0 Å². The summed E-state index contributed by atoms with van der Waals surface area (Å²) in [5.41, 5.74) is 0. The molecular formula is C6H10. The van der Waals surface area contributed by atoms with Gasteiger partial charge in [0.05, 0.1) is 0 Å². The molecule has 1 unspecified atom stereocenters. The van der Waals surface area contributed by atoms with Crippen LogP contribution in [-0.2, 0) is 0 Å². The van der Waals surface area contributed by atoms with Crippen LogP contribution in [0.2, 0.25) is 0 Å². The third kappa shape index (κ3) is 0.469. The van der Waals surface area contributed by atoms with Crippen molar-refractivity contribution in [3.63, 3.8) is 0 Å². The summed E-state index contributed by atoms with van der Waals surface area (Å²) in [5, 5.41) is 0. The van der Waals surface area contributed by atoms with E-state index in [1.165, 1.54) is 6.42 Å². The van der Waals surface area contributed by atoms with Crippen molar-refractivity contribution in [2.24, 2.45) is 11.8 Å². The van der Waals surface area contributed by atoms with E-state index in [1.807, 2.05) is 6.08 Å². The van der Waals surface area contributed by atoms with Crippen molar-refractivity contribution in [1.82, 2.24) is 0 Å². The summed E-state index contributed by atoms with van der Waals surface area (Å²) in [7, 11) is 0. The normalized spacial score (nSPS) is 42.2. The van der Waals surface area contributed by atoms with Gasteiger partial charge in [-0.15, -0.1) is 6.58 Å². The zero-order valence-electron chi connectivity index (χ0n) is 4.15. The maximum atomic E-state index is 3.67. The summed E-state index contributed by atoms with van der Waals surface area (Å²) in [6.45, 7) is 5.93. The van der Waals surface area contributed by atoms with Crippen molar-refractivity contribution in [3.8, 4) is 0 Å². The summed E-state index contributed by atoms with van der Waals surface area (Å²) in [6, 6.07) is 0. The monoisotopic (exact) mass is 82.1 g/mol. The molecule has 0 radical (unpaired) electrons. The van der Waals surface area contributed by atoms with Gasteiger partial charge in [-0.3, -0.25) is 0 Å². The minimum Gasteiger partial charge on any atom is -0.103 e. The predicted octanol–water partition coefficient (Wildman–Crippen LogP) is 1.83. The van der Waals surface area contributed by atoms with Crippen molar-refractivity contribution < 1.29 is 0 Å². The van der Waals surface area contributed by atoms with E-state index in [4.69, 9.17) is 0 Å². The van der Waals surface area contributed by atoms with Gasteiger partial charge in [-0.05, 0) is 18.3 Å². The second-order valence-electron chi connectivity index (χ2n) is 2.11. The molecule has 1 fully saturated rings. The highest BCUT2D eigenvalue weighted by Crippen LogP contribution is 2.37. The molecule has 1 rings (SSSR count). The van der Waals surface area contributed by atoms with Crippen molar-refractivity contribution in [1.29, 1.82) is 0 Å². The Balaban J connectivity index is 2.25. The third-order valence-corrected chi connectivity index (χ3v) is 1.47. The van der Waals surface area contributed by atoms with Gasteiger partial charge in [-0.2, -0.15) is 0 Å². The lowest BCUT2D eigenvalue weighted by molar-refractivity contribution is 0.901. The highest BCUT2D eigenvalue weighted by molar-refractivity contribution is 4.95. The summed E-state index contributed by atoms with van der Waals surface area (Å²) >= 11 is 0. The van der Waals surface area contributed by atoms with Crippen LogP contribution in [0.5, 0.6) is 0 Å². The minimum atomic E-state index is 0.866. The molecule has 0 aromatic carbocycles. The van der Waals surface area contributed by atoms with E-state index in [1.54, 1.807) is 0 Å². The van der Waals surface area contributed by atoms with Crippen molar-refractivity contribution >= 4 is 0 Å². The fourth-order valence-electron chi connectivity index (χ4n) is 0.679.